The lowest BCUT2D eigenvalue weighted by atomic mass is 10.0. The van der Waals surface area contributed by atoms with Gasteiger partial charge >= 0.3 is 0 Å². The summed E-state index contributed by atoms with van der Waals surface area (Å²) in [6.07, 6.45) is 3.77. The van der Waals surface area contributed by atoms with E-state index in [0.29, 0.717) is 0 Å². The van der Waals surface area contributed by atoms with Gasteiger partial charge in [0.25, 0.3) is 0 Å². The summed E-state index contributed by atoms with van der Waals surface area (Å²) in [5.74, 6) is 0.907. The van der Waals surface area contributed by atoms with Gasteiger partial charge in [0.1, 0.15) is 5.75 Å². The number of benzene rings is 1. The van der Waals surface area contributed by atoms with Gasteiger partial charge in [0.15, 0.2) is 0 Å². The van der Waals surface area contributed by atoms with Crippen LogP contribution in [-0.2, 0) is 12.1 Å². The highest BCUT2D eigenvalue weighted by Crippen LogP contribution is 2.23. The Balaban J connectivity index is 2.32. The summed E-state index contributed by atoms with van der Waals surface area (Å²) < 4.78 is 7.54. The molecule has 1 aromatic carbocycles. The molecule has 0 unspecified atom stereocenters. The van der Waals surface area contributed by atoms with Gasteiger partial charge in [0.05, 0.1) is 37.4 Å². The molecule has 0 atom stereocenters. The first-order chi connectivity index (χ1) is 9.08. The zero-order chi connectivity index (χ0) is 13.9. The summed E-state index contributed by atoms with van der Waals surface area (Å²) in [6, 6.07) is 8.07. The minimum atomic E-state index is -0.113. The second-order valence-electron chi connectivity index (χ2n) is 5.09. The minimum absolute atomic E-state index is 0.113. The van der Waals surface area contributed by atoms with Crippen LogP contribution in [0.4, 0.5) is 0 Å². The number of hydrogen-bond donors (Lipinski definition) is 1. The van der Waals surface area contributed by atoms with Crippen molar-refractivity contribution in [2.45, 2.75) is 25.9 Å². The van der Waals surface area contributed by atoms with Gasteiger partial charge in [-0.05, 0) is 27.0 Å². The number of imidazole rings is 1. The Morgan fingerprint density at radius 1 is 1.32 bits per heavy atom. The van der Waals surface area contributed by atoms with Crippen molar-refractivity contribution in [1.82, 2.24) is 14.9 Å². The molecule has 0 aliphatic carbocycles. The number of nitrogens with one attached hydrogen (secondary N) is 1. The number of hydrogen-bond acceptors (Lipinski definition) is 3. The molecule has 4 heteroatoms. The van der Waals surface area contributed by atoms with Crippen LogP contribution in [0.3, 0.4) is 0 Å². The fourth-order valence-electron chi connectivity index (χ4n) is 2.11. The van der Waals surface area contributed by atoms with E-state index in [-0.39, 0.29) is 5.54 Å². The second kappa shape index (κ2) is 5.45. The number of nitrogens with zero attached hydrogens (tertiary/aromatic N) is 2. The monoisotopic (exact) mass is 259 g/mol. The highest BCUT2D eigenvalue weighted by Gasteiger charge is 2.22. The molecule has 102 valence electrons. The van der Waals surface area contributed by atoms with Crippen molar-refractivity contribution in [3.05, 3.63) is 48.0 Å². The Bertz CT molecular complexity index is 546. The van der Waals surface area contributed by atoms with Crippen molar-refractivity contribution in [3.8, 4) is 5.75 Å². The predicted octanol–water partition coefficient (Wildman–Crippen LogP) is 2.39. The summed E-state index contributed by atoms with van der Waals surface area (Å²) in [5.41, 5.74) is 2.19. The largest absolute Gasteiger partial charge is 0.496 e. The molecule has 4 nitrogen and oxygen atoms in total. The number of aromatic nitrogens is 2. The molecular formula is C15H21N3O. The van der Waals surface area contributed by atoms with Gasteiger partial charge in [-0.3, -0.25) is 0 Å². The molecule has 2 aromatic rings. The Hall–Kier alpha value is -1.81. The molecule has 0 amide bonds. The van der Waals surface area contributed by atoms with E-state index >= 15 is 0 Å². The van der Waals surface area contributed by atoms with Crippen LogP contribution in [0, 0.1) is 0 Å². The quantitative estimate of drug-likeness (QED) is 0.896. The molecule has 0 bridgehead atoms. The van der Waals surface area contributed by atoms with E-state index < -0.39 is 0 Å². The Morgan fingerprint density at radius 2 is 2.05 bits per heavy atom. The maximum atomic E-state index is 5.40. The van der Waals surface area contributed by atoms with Gasteiger partial charge in [0, 0.05) is 5.56 Å². The van der Waals surface area contributed by atoms with Crippen LogP contribution in [0.1, 0.15) is 25.1 Å². The zero-order valence-corrected chi connectivity index (χ0v) is 12.0. The average molecular weight is 259 g/mol. The minimum Gasteiger partial charge on any atom is -0.496 e. The van der Waals surface area contributed by atoms with E-state index in [0.717, 1.165) is 23.6 Å². The third-order valence-corrected chi connectivity index (χ3v) is 3.51. The average Bonchev–Trinajstić information content (AvgIpc) is 2.88. The molecule has 0 fully saturated rings. The fraction of sp³-hybridized carbons (Fsp3) is 0.400. The molecule has 0 radical (unpaired) electrons. The highest BCUT2D eigenvalue weighted by molar-refractivity contribution is 5.33. The van der Waals surface area contributed by atoms with Crippen LogP contribution in [0.25, 0.3) is 0 Å². The standard InChI is InChI=1S/C15H21N3O/c1-15(2,16-3)14-9-17-11-18(14)10-12-7-5-6-8-13(12)19-4/h5-9,11,16H,10H2,1-4H3. The van der Waals surface area contributed by atoms with Crippen LogP contribution in [-0.4, -0.2) is 23.7 Å². The molecule has 0 saturated carbocycles. The van der Waals surface area contributed by atoms with Crippen molar-refractivity contribution >= 4 is 0 Å². The third-order valence-electron chi connectivity index (χ3n) is 3.51. The molecule has 2 rings (SSSR count). The molecule has 0 saturated heterocycles. The van der Waals surface area contributed by atoms with Crippen LogP contribution in [0.15, 0.2) is 36.8 Å². The van der Waals surface area contributed by atoms with E-state index in [1.54, 1.807) is 7.11 Å². The van der Waals surface area contributed by atoms with Crippen molar-refractivity contribution in [2.75, 3.05) is 14.2 Å². The number of methoxy groups -OCH3 is 1. The fourth-order valence-corrected chi connectivity index (χ4v) is 2.11. The first-order valence-electron chi connectivity index (χ1n) is 6.40. The predicted molar refractivity (Wildman–Crippen MR) is 76.4 cm³/mol. The SMILES string of the molecule is CNC(C)(C)c1cncn1Cc1ccccc1OC. The van der Waals surface area contributed by atoms with Crippen LogP contribution in [0.5, 0.6) is 5.75 Å². The van der Waals surface area contributed by atoms with Gasteiger partial charge in [-0.25, -0.2) is 4.98 Å². The van der Waals surface area contributed by atoms with Crippen LogP contribution >= 0.6 is 0 Å². The Labute approximate surface area is 114 Å². The summed E-state index contributed by atoms with van der Waals surface area (Å²) >= 11 is 0. The summed E-state index contributed by atoms with van der Waals surface area (Å²) in [6.45, 7) is 5.04. The summed E-state index contributed by atoms with van der Waals surface area (Å²) in [4.78, 5) is 4.27. The van der Waals surface area contributed by atoms with Gasteiger partial charge < -0.3 is 14.6 Å². The van der Waals surface area contributed by atoms with Crippen molar-refractivity contribution in [2.24, 2.45) is 0 Å². The second-order valence-corrected chi connectivity index (χ2v) is 5.09. The maximum Gasteiger partial charge on any atom is 0.123 e. The topological polar surface area (TPSA) is 39.1 Å². The maximum absolute atomic E-state index is 5.40. The van der Waals surface area contributed by atoms with E-state index in [4.69, 9.17) is 4.74 Å². The van der Waals surface area contributed by atoms with Gasteiger partial charge in [-0.15, -0.1) is 0 Å². The van der Waals surface area contributed by atoms with Gasteiger partial charge in [-0.2, -0.15) is 0 Å². The smallest absolute Gasteiger partial charge is 0.123 e. The van der Waals surface area contributed by atoms with Gasteiger partial charge in [0.2, 0.25) is 0 Å². The number of ether oxygens (including phenoxy) is 1. The lowest BCUT2D eigenvalue weighted by Crippen LogP contribution is -2.35. The van der Waals surface area contributed by atoms with Crippen LogP contribution in [0.2, 0.25) is 0 Å². The molecule has 19 heavy (non-hydrogen) atoms. The Morgan fingerprint density at radius 3 is 2.74 bits per heavy atom. The molecule has 0 spiro atoms. The highest BCUT2D eigenvalue weighted by atomic mass is 16.5. The molecule has 0 aliphatic heterocycles. The van der Waals surface area contributed by atoms with E-state index in [1.807, 2.05) is 37.8 Å². The third kappa shape index (κ3) is 2.79. The normalized spacial score (nSPS) is 11.6. The summed E-state index contributed by atoms with van der Waals surface area (Å²) in [7, 11) is 3.66. The van der Waals surface area contributed by atoms with Crippen molar-refractivity contribution in [3.63, 3.8) is 0 Å². The van der Waals surface area contributed by atoms with E-state index in [1.165, 1.54) is 0 Å². The lowest BCUT2D eigenvalue weighted by molar-refractivity contribution is 0.399. The van der Waals surface area contributed by atoms with Crippen LogP contribution < -0.4 is 10.1 Å². The van der Waals surface area contributed by atoms with Crippen molar-refractivity contribution < 1.29 is 4.74 Å². The molecule has 1 heterocycles. The van der Waals surface area contributed by atoms with E-state index in [9.17, 15) is 0 Å². The first kappa shape index (κ1) is 13.6. The number of para-hydroxylation sites is 1. The molecule has 1 aromatic heterocycles. The van der Waals surface area contributed by atoms with Crippen molar-refractivity contribution in [1.29, 1.82) is 0 Å². The zero-order valence-electron chi connectivity index (χ0n) is 12.0. The lowest BCUT2D eigenvalue weighted by Gasteiger charge is -2.25. The van der Waals surface area contributed by atoms with E-state index in [2.05, 4.69) is 34.8 Å². The van der Waals surface area contributed by atoms with Gasteiger partial charge in [-0.1, -0.05) is 18.2 Å². The molecule has 1 N–H and O–H groups in total. The molecule has 0 aliphatic rings. The first-order valence-corrected chi connectivity index (χ1v) is 6.40. The summed E-state index contributed by atoms with van der Waals surface area (Å²) in [5, 5.41) is 3.31. The Kier molecular flexibility index (Phi) is 3.90. The number of rotatable bonds is 5. The molecular weight excluding hydrogens is 238 g/mol.